The number of esters is 1. The van der Waals surface area contributed by atoms with Crippen molar-refractivity contribution in [1.29, 1.82) is 0 Å². The molecule has 2 aromatic carbocycles. The summed E-state index contributed by atoms with van der Waals surface area (Å²) >= 11 is 4.81. The highest BCUT2D eigenvalue weighted by Gasteiger charge is 2.15. The van der Waals surface area contributed by atoms with Crippen LogP contribution in [0.5, 0.6) is 11.5 Å². The summed E-state index contributed by atoms with van der Waals surface area (Å²) in [5.41, 5.74) is 2.22. The van der Waals surface area contributed by atoms with Gasteiger partial charge < -0.3 is 14.2 Å². The molecule has 0 aliphatic carbocycles. The number of imidazole rings is 1. The third-order valence-electron chi connectivity index (χ3n) is 4.41. The van der Waals surface area contributed by atoms with Crippen molar-refractivity contribution in [2.24, 2.45) is 0 Å². The van der Waals surface area contributed by atoms with Gasteiger partial charge in [-0.1, -0.05) is 23.5 Å². The van der Waals surface area contributed by atoms with E-state index < -0.39 is 5.97 Å². The first kappa shape index (κ1) is 21.3. The van der Waals surface area contributed by atoms with E-state index in [9.17, 15) is 9.59 Å². The Balaban J connectivity index is 1.74. The number of para-hydroxylation sites is 2. The standard InChI is InChI=1S/C22H19BrN2O5S/c1-3-28-17-10-13(9-14(23)20(17)30-12-19(26)29-4-2)11-18-21(27)25-16-8-6-5-7-15(16)24-22(25)31-18/h5-11H,3-4,12H2,1-2H3. The lowest BCUT2D eigenvalue weighted by Crippen LogP contribution is -2.22. The van der Waals surface area contributed by atoms with Crippen LogP contribution in [0.1, 0.15) is 19.4 Å². The fraction of sp³-hybridized carbons (Fsp3) is 0.227. The molecule has 0 bridgehead atoms. The number of aromatic nitrogens is 2. The minimum absolute atomic E-state index is 0.120. The molecule has 0 saturated heterocycles. The predicted octanol–water partition coefficient (Wildman–Crippen LogP) is 3.56. The second-order valence-electron chi connectivity index (χ2n) is 6.49. The maximum Gasteiger partial charge on any atom is 0.344 e. The van der Waals surface area contributed by atoms with Crippen LogP contribution in [0, 0.1) is 0 Å². The van der Waals surface area contributed by atoms with Crippen molar-refractivity contribution >= 4 is 55.3 Å². The van der Waals surface area contributed by atoms with Gasteiger partial charge >= 0.3 is 5.97 Å². The van der Waals surface area contributed by atoms with E-state index in [1.807, 2.05) is 37.3 Å². The summed E-state index contributed by atoms with van der Waals surface area (Å²) in [7, 11) is 0. The van der Waals surface area contributed by atoms with Crippen molar-refractivity contribution in [3.05, 3.63) is 61.3 Å². The lowest BCUT2D eigenvalue weighted by molar-refractivity contribution is -0.145. The molecule has 0 radical (unpaired) electrons. The van der Waals surface area contributed by atoms with Crippen LogP contribution in [-0.2, 0) is 9.53 Å². The van der Waals surface area contributed by atoms with Gasteiger partial charge in [-0.3, -0.25) is 4.79 Å². The molecular formula is C22H19BrN2O5S. The van der Waals surface area contributed by atoms with Gasteiger partial charge in [-0.15, -0.1) is 0 Å². The van der Waals surface area contributed by atoms with E-state index in [4.69, 9.17) is 14.2 Å². The molecule has 0 aliphatic heterocycles. The maximum absolute atomic E-state index is 13.0. The molecular weight excluding hydrogens is 484 g/mol. The minimum Gasteiger partial charge on any atom is -0.490 e. The first-order valence-electron chi connectivity index (χ1n) is 9.68. The van der Waals surface area contributed by atoms with Crippen molar-refractivity contribution in [3.8, 4) is 11.5 Å². The van der Waals surface area contributed by atoms with Crippen LogP contribution in [0.3, 0.4) is 0 Å². The summed E-state index contributed by atoms with van der Waals surface area (Å²) in [5, 5.41) is 0. The van der Waals surface area contributed by atoms with Crippen LogP contribution in [0.4, 0.5) is 0 Å². The van der Waals surface area contributed by atoms with Gasteiger partial charge in [0.25, 0.3) is 5.56 Å². The molecule has 2 heterocycles. The smallest absolute Gasteiger partial charge is 0.344 e. The topological polar surface area (TPSA) is 79.1 Å². The Morgan fingerprint density at radius 2 is 2.00 bits per heavy atom. The Labute approximate surface area is 190 Å². The molecule has 0 spiro atoms. The molecule has 0 amide bonds. The Morgan fingerprint density at radius 1 is 1.19 bits per heavy atom. The summed E-state index contributed by atoms with van der Waals surface area (Å²) in [5.74, 6) is 0.408. The molecule has 0 fully saturated rings. The molecule has 7 nitrogen and oxygen atoms in total. The molecule has 0 atom stereocenters. The highest BCUT2D eigenvalue weighted by Crippen LogP contribution is 2.37. The zero-order valence-electron chi connectivity index (χ0n) is 16.9. The molecule has 0 unspecified atom stereocenters. The number of hydrogen-bond donors (Lipinski definition) is 0. The zero-order valence-corrected chi connectivity index (χ0v) is 19.3. The second-order valence-corrected chi connectivity index (χ2v) is 8.35. The number of hydrogen-bond acceptors (Lipinski definition) is 7. The zero-order chi connectivity index (χ0) is 22.0. The largest absolute Gasteiger partial charge is 0.490 e. The number of thiazole rings is 1. The lowest BCUT2D eigenvalue weighted by atomic mass is 10.2. The van der Waals surface area contributed by atoms with Crippen molar-refractivity contribution in [2.45, 2.75) is 13.8 Å². The molecule has 160 valence electrons. The monoisotopic (exact) mass is 502 g/mol. The van der Waals surface area contributed by atoms with Crippen LogP contribution in [0.25, 0.3) is 22.1 Å². The number of fused-ring (bicyclic) bond motifs is 3. The van der Waals surface area contributed by atoms with Gasteiger partial charge in [0.2, 0.25) is 0 Å². The third-order valence-corrected chi connectivity index (χ3v) is 5.97. The first-order chi connectivity index (χ1) is 15.0. The third kappa shape index (κ3) is 4.28. The fourth-order valence-corrected chi connectivity index (χ4v) is 4.73. The highest BCUT2D eigenvalue weighted by atomic mass is 79.9. The predicted molar refractivity (Wildman–Crippen MR) is 123 cm³/mol. The summed E-state index contributed by atoms with van der Waals surface area (Å²) in [6.07, 6.45) is 1.79. The van der Waals surface area contributed by atoms with E-state index in [1.54, 1.807) is 23.5 Å². The van der Waals surface area contributed by atoms with E-state index in [2.05, 4.69) is 20.9 Å². The van der Waals surface area contributed by atoms with Crippen LogP contribution < -0.4 is 19.6 Å². The number of carbonyl (C=O) groups is 1. The van der Waals surface area contributed by atoms with E-state index in [1.165, 1.54) is 11.3 Å². The van der Waals surface area contributed by atoms with Crippen molar-refractivity contribution in [2.75, 3.05) is 19.8 Å². The maximum atomic E-state index is 13.0. The fourth-order valence-electron chi connectivity index (χ4n) is 3.17. The quantitative estimate of drug-likeness (QED) is 0.359. The molecule has 0 saturated carbocycles. The molecule has 2 aromatic heterocycles. The lowest BCUT2D eigenvalue weighted by Gasteiger charge is -2.14. The normalized spacial score (nSPS) is 11.9. The van der Waals surface area contributed by atoms with E-state index >= 15 is 0 Å². The molecule has 0 N–H and O–H groups in total. The minimum atomic E-state index is -0.461. The van der Waals surface area contributed by atoms with E-state index in [0.29, 0.717) is 32.1 Å². The number of nitrogens with zero attached hydrogens (tertiary/aromatic N) is 2. The average Bonchev–Trinajstić information content (AvgIpc) is 3.24. The SMILES string of the molecule is CCOC(=O)COc1c(Br)cc(C=c2sc3nc4ccccc4n3c2=O)cc1OCC. The van der Waals surface area contributed by atoms with Gasteiger partial charge in [-0.05, 0) is 65.7 Å². The van der Waals surface area contributed by atoms with Gasteiger partial charge in [-0.2, -0.15) is 0 Å². The van der Waals surface area contributed by atoms with Gasteiger partial charge in [0.1, 0.15) is 0 Å². The number of carbonyl (C=O) groups excluding carboxylic acids is 1. The van der Waals surface area contributed by atoms with Crippen molar-refractivity contribution in [1.82, 2.24) is 9.38 Å². The number of halogens is 1. The Hall–Kier alpha value is -2.91. The van der Waals surface area contributed by atoms with Crippen molar-refractivity contribution < 1.29 is 19.0 Å². The van der Waals surface area contributed by atoms with Gasteiger partial charge in [-0.25, -0.2) is 14.2 Å². The Bertz CT molecular complexity index is 1380. The summed E-state index contributed by atoms with van der Waals surface area (Å²) < 4.78 is 19.0. The summed E-state index contributed by atoms with van der Waals surface area (Å²) in [6.45, 7) is 4.06. The molecule has 9 heteroatoms. The summed E-state index contributed by atoms with van der Waals surface area (Å²) in [4.78, 5) is 29.8. The highest BCUT2D eigenvalue weighted by molar-refractivity contribution is 9.10. The van der Waals surface area contributed by atoms with E-state index in [-0.39, 0.29) is 18.8 Å². The van der Waals surface area contributed by atoms with Crippen molar-refractivity contribution in [3.63, 3.8) is 0 Å². The molecule has 4 aromatic rings. The number of ether oxygens (including phenoxy) is 3. The summed E-state index contributed by atoms with van der Waals surface area (Å²) in [6, 6.07) is 11.1. The number of rotatable bonds is 7. The number of benzene rings is 2. The average molecular weight is 503 g/mol. The Kier molecular flexibility index (Phi) is 6.24. The van der Waals surface area contributed by atoms with Gasteiger partial charge in [0.05, 0.1) is 33.3 Å². The van der Waals surface area contributed by atoms with Crippen LogP contribution in [-0.4, -0.2) is 35.2 Å². The second kappa shape index (κ2) is 9.07. The van der Waals surface area contributed by atoms with Crippen LogP contribution in [0.2, 0.25) is 0 Å². The molecule has 31 heavy (non-hydrogen) atoms. The van der Waals surface area contributed by atoms with Crippen LogP contribution in [0.15, 0.2) is 45.7 Å². The van der Waals surface area contributed by atoms with Crippen LogP contribution >= 0.6 is 27.3 Å². The molecule has 0 aliphatic rings. The van der Waals surface area contributed by atoms with Gasteiger partial charge in [0, 0.05) is 0 Å². The van der Waals surface area contributed by atoms with Gasteiger partial charge in [0.15, 0.2) is 23.1 Å². The molecule has 4 rings (SSSR count). The van der Waals surface area contributed by atoms with E-state index in [0.717, 1.165) is 16.6 Å². The first-order valence-corrected chi connectivity index (χ1v) is 11.3. The Morgan fingerprint density at radius 3 is 2.77 bits per heavy atom.